The molecule has 0 saturated heterocycles. The molecule has 3 atom stereocenters. The quantitative estimate of drug-likeness (QED) is 0.854. The van der Waals surface area contributed by atoms with Crippen molar-refractivity contribution >= 4 is 0 Å². The molecule has 1 fully saturated rings. The number of benzene rings is 1. The number of hydrogen-bond acceptors (Lipinski definition) is 1. The summed E-state index contributed by atoms with van der Waals surface area (Å²) in [4.78, 5) is 0. The van der Waals surface area contributed by atoms with E-state index in [1.807, 2.05) is 32.2 Å². The van der Waals surface area contributed by atoms with Crippen molar-refractivity contribution in [2.75, 3.05) is 7.05 Å². The fourth-order valence-corrected chi connectivity index (χ4v) is 3.37. The minimum absolute atomic E-state index is 0.0139. The van der Waals surface area contributed by atoms with Crippen LogP contribution in [0.3, 0.4) is 0 Å². The second-order valence-corrected chi connectivity index (χ2v) is 5.85. The summed E-state index contributed by atoms with van der Waals surface area (Å²) in [5, 5.41) is 3.22. The molecule has 1 aliphatic carbocycles. The molecule has 0 aromatic heterocycles. The van der Waals surface area contributed by atoms with Crippen molar-refractivity contribution in [2.24, 2.45) is 11.8 Å². The molecular weight excluding hydrogens is 263 g/mol. The molecule has 1 aromatic rings. The van der Waals surface area contributed by atoms with Crippen LogP contribution in [0.1, 0.15) is 42.9 Å². The Balaban J connectivity index is 2.15. The summed E-state index contributed by atoms with van der Waals surface area (Å²) in [5.74, 6) is -1.08. The Morgan fingerprint density at radius 2 is 2.00 bits per heavy atom. The van der Waals surface area contributed by atoms with Crippen LogP contribution >= 0.6 is 0 Å². The van der Waals surface area contributed by atoms with Gasteiger partial charge in [0.15, 0.2) is 0 Å². The Bertz CT molecular complexity index is 442. The van der Waals surface area contributed by atoms with Gasteiger partial charge in [-0.2, -0.15) is 13.2 Å². The van der Waals surface area contributed by atoms with E-state index in [1.165, 1.54) is 0 Å². The molecule has 1 saturated carbocycles. The average molecular weight is 285 g/mol. The van der Waals surface area contributed by atoms with Gasteiger partial charge >= 0.3 is 6.18 Å². The van der Waals surface area contributed by atoms with Crippen LogP contribution in [0.5, 0.6) is 0 Å². The molecule has 0 spiro atoms. The van der Waals surface area contributed by atoms with Crippen LogP contribution in [0.15, 0.2) is 24.3 Å². The summed E-state index contributed by atoms with van der Waals surface area (Å²) >= 11 is 0. The van der Waals surface area contributed by atoms with E-state index in [9.17, 15) is 13.2 Å². The minimum Gasteiger partial charge on any atom is -0.313 e. The summed E-state index contributed by atoms with van der Waals surface area (Å²) in [6.07, 6.45) is -2.00. The van der Waals surface area contributed by atoms with Crippen LogP contribution in [0.4, 0.5) is 13.2 Å². The molecule has 3 unspecified atom stereocenters. The van der Waals surface area contributed by atoms with E-state index in [2.05, 4.69) is 11.4 Å². The van der Waals surface area contributed by atoms with E-state index in [0.717, 1.165) is 17.5 Å². The van der Waals surface area contributed by atoms with Crippen molar-refractivity contribution in [1.29, 1.82) is 0 Å². The van der Waals surface area contributed by atoms with Crippen LogP contribution in [0.25, 0.3) is 0 Å². The molecule has 0 heterocycles. The van der Waals surface area contributed by atoms with E-state index in [-0.39, 0.29) is 24.8 Å². The normalized spacial score (nSPS) is 25.4. The Kier molecular flexibility index (Phi) is 4.74. The van der Waals surface area contributed by atoms with Gasteiger partial charge in [0, 0.05) is 6.04 Å². The first-order valence-corrected chi connectivity index (χ1v) is 7.22. The molecule has 4 heteroatoms. The lowest BCUT2D eigenvalue weighted by atomic mass is 9.75. The maximum atomic E-state index is 12.9. The first-order chi connectivity index (χ1) is 9.41. The van der Waals surface area contributed by atoms with Gasteiger partial charge < -0.3 is 5.32 Å². The zero-order valence-electron chi connectivity index (χ0n) is 12.0. The summed E-state index contributed by atoms with van der Waals surface area (Å²) < 4.78 is 38.8. The molecule has 2 rings (SSSR count). The molecule has 0 radical (unpaired) electrons. The van der Waals surface area contributed by atoms with E-state index >= 15 is 0 Å². The largest absolute Gasteiger partial charge is 0.391 e. The Hall–Kier alpha value is -1.03. The number of nitrogens with one attached hydrogen (secondary N) is 1. The lowest BCUT2D eigenvalue weighted by Gasteiger charge is -2.35. The summed E-state index contributed by atoms with van der Waals surface area (Å²) in [5.41, 5.74) is 2.24. The lowest BCUT2D eigenvalue weighted by molar-refractivity contribution is -0.186. The summed E-state index contributed by atoms with van der Waals surface area (Å²) in [6, 6.07) is 8.07. The molecule has 0 aliphatic heterocycles. The second-order valence-electron chi connectivity index (χ2n) is 5.85. The van der Waals surface area contributed by atoms with Crippen molar-refractivity contribution in [3.63, 3.8) is 0 Å². The molecule has 0 amide bonds. The van der Waals surface area contributed by atoms with Crippen molar-refractivity contribution in [3.8, 4) is 0 Å². The van der Waals surface area contributed by atoms with Crippen LogP contribution in [-0.4, -0.2) is 13.2 Å². The van der Waals surface area contributed by atoms with Crippen molar-refractivity contribution < 1.29 is 13.2 Å². The second kappa shape index (κ2) is 6.17. The van der Waals surface area contributed by atoms with Gasteiger partial charge in [-0.3, -0.25) is 0 Å². The maximum absolute atomic E-state index is 12.9. The highest BCUT2D eigenvalue weighted by Crippen LogP contribution is 2.43. The fraction of sp³-hybridized carbons (Fsp3) is 0.625. The number of rotatable bonds is 3. The highest BCUT2D eigenvalue weighted by Gasteiger charge is 2.43. The maximum Gasteiger partial charge on any atom is 0.391 e. The van der Waals surface area contributed by atoms with Gasteiger partial charge in [0.2, 0.25) is 0 Å². The van der Waals surface area contributed by atoms with Gasteiger partial charge in [0.1, 0.15) is 0 Å². The Labute approximate surface area is 118 Å². The van der Waals surface area contributed by atoms with Gasteiger partial charge in [-0.1, -0.05) is 36.2 Å². The lowest BCUT2D eigenvalue weighted by Crippen LogP contribution is -2.34. The third-order valence-electron chi connectivity index (χ3n) is 4.36. The third-order valence-corrected chi connectivity index (χ3v) is 4.36. The van der Waals surface area contributed by atoms with Crippen LogP contribution in [0.2, 0.25) is 0 Å². The van der Waals surface area contributed by atoms with Crippen LogP contribution < -0.4 is 5.32 Å². The van der Waals surface area contributed by atoms with Gasteiger partial charge in [0.25, 0.3) is 0 Å². The third kappa shape index (κ3) is 3.54. The monoisotopic (exact) mass is 285 g/mol. The Morgan fingerprint density at radius 1 is 1.25 bits per heavy atom. The number of hydrogen-bond donors (Lipinski definition) is 1. The standard InChI is InChI=1S/C16H22F3N/c1-11-5-3-6-12(9-11)15(20-2)13-7-4-8-14(10-13)16(17,18)19/h3,5-6,9,13-15,20H,4,7-8,10H2,1-2H3. The molecule has 1 N–H and O–H groups in total. The molecular formula is C16H22F3N. The summed E-state index contributed by atoms with van der Waals surface area (Å²) in [6.45, 7) is 2.01. The van der Waals surface area contributed by atoms with E-state index in [0.29, 0.717) is 6.42 Å². The highest BCUT2D eigenvalue weighted by atomic mass is 19.4. The number of halogens is 3. The molecule has 1 aliphatic rings. The zero-order valence-corrected chi connectivity index (χ0v) is 12.0. The van der Waals surface area contributed by atoms with Gasteiger partial charge in [-0.25, -0.2) is 0 Å². The Morgan fingerprint density at radius 3 is 2.60 bits per heavy atom. The molecule has 0 bridgehead atoms. The average Bonchev–Trinajstić information content (AvgIpc) is 2.39. The van der Waals surface area contributed by atoms with E-state index in [1.54, 1.807) is 0 Å². The molecule has 1 nitrogen and oxygen atoms in total. The minimum atomic E-state index is -4.05. The van der Waals surface area contributed by atoms with Gasteiger partial charge in [-0.05, 0) is 44.7 Å². The molecule has 20 heavy (non-hydrogen) atoms. The predicted octanol–water partition coefficient (Wildman–Crippen LogP) is 4.62. The smallest absolute Gasteiger partial charge is 0.313 e. The number of aryl methyl sites for hydroxylation is 1. The first-order valence-electron chi connectivity index (χ1n) is 7.22. The van der Waals surface area contributed by atoms with Gasteiger partial charge in [0.05, 0.1) is 5.92 Å². The predicted molar refractivity (Wildman–Crippen MR) is 74.5 cm³/mol. The highest BCUT2D eigenvalue weighted by molar-refractivity contribution is 5.25. The molecule has 1 aromatic carbocycles. The number of alkyl halides is 3. The zero-order chi connectivity index (χ0) is 14.8. The first kappa shape index (κ1) is 15.4. The summed E-state index contributed by atoms with van der Waals surface area (Å²) in [7, 11) is 1.84. The topological polar surface area (TPSA) is 12.0 Å². The van der Waals surface area contributed by atoms with Crippen molar-refractivity contribution in [2.45, 2.75) is 44.8 Å². The van der Waals surface area contributed by atoms with Crippen molar-refractivity contribution in [1.82, 2.24) is 5.32 Å². The van der Waals surface area contributed by atoms with Crippen LogP contribution in [0, 0.1) is 18.8 Å². The van der Waals surface area contributed by atoms with E-state index < -0.39 is 12.1 Å². The fourth-order valence-electron chi connectivity index (χ4n) is 3.37. The van der Waals surface area contributed by atoms with Crippen LogP contribution in [-0.2, 0) is 0 Å². The molecule has 112 valence electrons. The van der Waals surface area contributed by atoms with Crippen molar-refractivity contribution in [3.05, 3.63) is 35.4 Å². The SMILES string of the molecule is CNC(c1cccc(C)c1)C1CCCC(C(F)(F)F)C1. The van der Waals surface area contributed by atoms with Gasteiger partial charge in [-0.15, -0.1) is 0 Å². The van der Waals surface area contributed by atoms with E-state index in [4.69, 9.17) is 0 Å².